The van der Waals surface area contributed by atoms with E-state index >= 15 is 0 Å². The van der Waals surface area contributed by atoms with E-state index in [2.05, 4.69) is 10.6 Å². The lowest BCUT2D eigenvalue weighted by Gasteiger charge is -2.10. The number of benzene rings is 2. The zero-order valence-corrected chi connectivity index (χ0v) is 13.9. The molecule has 0 aliphatic rings. The molecule has 23 heavy (non-hydrogen) atoms. The number of carbonyl (C=O) groups is 1. The summed E-state index contributed by atoms with van der Waals surface area (Å²) in [6.45, 7) is 1.46. The van der Waals surface area contributed by atoms with Crippen molar-refractivity contribution in [3.63, 3.8) is 0 Å². The minimum atomic E-state index is -0.149. The molecular weight excluding hydrogens is 312 g/mol. The fourth-order valence-electron chi connectivity index (χ4n) is 2.12. The zero-order chi connectivity index (χ0) is 16.5. The topological polar surface area (TPSA) is 50.4 Å². The standard InChI is InChI=1S/C18H21ClN2O2/c1-20-10-5-11-21-18(22)13-23-17-9-8-15(12-16(17)19)14-6-3-2-4-7-14/h2-4,6-9,12,20H,5,10-11,13H2,1H3,(H,21,22). The number of rotatable bonds is 8. The van der Waals surface area contributed by atoms with Crippen LogP contribution < -0.4 is 15.4 Å². The number of hydrogen-bond acceptors (Lipinski definition) is 3. The molecule has 2 aromatic rings. The lowest BCUT2D eigenvalue weighted by atomic mass is 10.1. The molecule has 2 aromatic carbocycles. The van der Waals surface area contributed by atoms with E-state index in [-0.39, 0.29) is 12.5 Å². The highest BCUT2D eigenvalue weighted by atomic mass is 35.5. The normalized spacial score (nSPS) is 10.3. The van der Waals surface area contributed by atoms with E-state index < -0.39 is 0 Å². The molecule has 0 aliphatic heterocycles. The molecule has 2 N–H and O–H groups in total. The second kappa shape index (κ2) is 9.18. The molecular formula is C18H21ClN2O2. The summed E-state index contributed by atoms with van der Waals surface area (Å²) in [4.78, 5) is 11.7. The Hall–Kier alpha value is -2.04. The van der Waals surface area contributed by atoms with Crippen molar-refractivity contribution < 1.29 is 9.53 Å². The van der Waals surface area contributed by atoms with Crippen LogP contribution in [0.25, 0.3) is 11.1 Å². The maximum Gasteiger partial charge on any atom is 0.257 e. The van der Waals surface area contributed by atoms with Gasteiger partial charge in [0.2, 0.25) is 0 Å². The number of carbonyl (C=O) groups excluding carboxylic acids is 1. The van der Waals surface area contributed by atoms with E-state index in [1.54, 1.807) is 6.07 Å². The summed E-state index contributed by atoms with van der Waals surface area (Å²) in [6.07, 6.45) is 0.884. The fraction of sp³-hybridized carbons (Fsp3) is 0.278. The SMILES string of the molecule is CNCCCNC(=O)COc1ccc(-c2ccccc2)cc1Cl. The molecule has 122 valence electrons. The first-order valence-corrected chi connectivity index (χ1v) is 7.97. The molecule has 0 radical (unpaired) electrons. The van der Waals surface area contributed by atoms with Gasteiger partial charge in [0, 0.05) is 6.54 Å². The van der Waals surface area contributed by atoms with Gasteiger partial charge >= 0.3 is 0 Å². The molecule has 0 saturated carbocycles. The Balaban J connectivity index is 1.88. The van der Waals surface area contributed by atoms with Gasteiger partial charge in [0.25, 0.3) is 5.91 Å². The largest absolute Gasteiger partial charge is 0.482 e. The van der Waals surface area contributed by atoms with Gasteiger partial charge in [0.05, 0.1) is 5.02 Å². The maximum absolute atomic E-state index is 11.7. The molecule has 0 aliphatic carbocycles. The second-order valence-corrected chi connectivity index (χ2v) is 5.51. The van der Waals surface area contributed by atoms with Crippen LogP contribution in [0.5, 0.6) is 5.75 Å². The monoisotopic (exact) mass is 332 g/mol. The third kappa shape index (κ3) is 5.58. The summed E-state index contributed by atoms with van der Waals surface area (Å²) in [5.41, 5.74) is 2.10. The molecule has 0 atom stereocenters. The van der Waals surface area contributed by atoms with Gasteiger partial charge in [-0.25, -0.2) is 0 Å². The highest BCUT2D eigenvalue weighted by Gasteiger charge is 2.07. The third-order valence-corrected chi connectivity index (χ3v) is 3.62. The first kappa shape index (κ1) is 17.3. The quantitative estimate of drug-likeness (QED) is 0.730. The van der Waals surface area contributed by atoms with Crippen LogP contribution in [-0.2, 0) is 4.79 Å². The number of nitrogens with one attached hydrogen (secondary N) is 2. The van der Waals surface area contributed by atoms with E-state index in [4.69, 9.17) is 16.3 Å². The molecule has 0 spiro atoms. The average Bonchev–Trinajstić information content (AvgIpc) is 2.58. The van der Waals surface area contributed by atoms with E-state index in [0.717, 1.165) is 24.1 Å². The number of hydrogen-bond donors (Lipinski definition) is 2. The van der Waals surface area contributed by atoms with Crippen molar-refractivity contribution in [3.8, 4) is 16.9 Å². The van der Waals surface area contributed by atoms with Gasteiger partial charge in [-0.1, -0.05) is 48.0 Å². The summed E-state index contributed by atoms with van der Waals surface area (Å²) in [5, 5.41) is 6.32. The first-order chi connectivity index (χ1) is 11.2. The van der Waals surface area contributed by atoms with Gasteiger partial charge in [-0.2, -0.15) is 0 Å². The Labute approximate surface area is 141 Å². The second-order valence-electron chi connectivity index (χ2n) is 5.11. The summed E-state index contributed by atoms with van der Waals surface area (Å²) < 4.78 is 5.49. The molecule has 0 bridgehead atoms. The molecule has 4 nitrogen and oxygen atoms in total. The number of amides is 1. The summed E-state index contributed by atoms with van der Waals surface area (Å²) in [5.74, 6) is 0.362. The molecule has 0 saturated heterocycles. The van der Waals surface area contributed by atoms with Crippen LogP contribution in [0.1, 0.15) is 6.42 Å². The summed E-state index contributed by atoms with van der Waals surface area (Å²) >= 11 is 6.24. The molecule has 0 aromatic heterocycles. The van der Waals surface area contributed by atoms with Gasteiger partial charge in [-0.05, 0) is 43.3 Å². The maximum atomic E-state index is 11.7. The highest BCUT2D eigenvalue weighted by molar-refractivity contribution is 6.32. The Bertz CT molecular complexity index is 632. The number of halogens is 1. The van der Waals surface area contributed by atoms with Gasteiger partial charge in [-0.3, -0.25) is 4.79 Å². The minimum Gasteiger partial charge on any atom is -0.482 e. The third-order valence-electron chi connectivity index (χ3n) is 3.32. The van der Waals surface area contributed by atoms with Crippen LogP contribution >= 0.6 is 11.6 Å². The van der Waals surface area contributed by atoms with Crippen molar-refractivity contribution in [2.75, 3.05) is 26.7 Å². The number of ether oxygens (including phenoxy) is 1. The molecule has 2 rings (SSSR count). The predicted octanol–water partition coefficient (Wildman–Crippen LogP) is 3.11. The van der Waals surface area contributed by atoms with Crippen molar-refractivity contribution in [2.45, 2.75) is 6.42 Å². The zero-order valence-electron chi connectivity index (χ0n) is 13.1. The first-order valence-electron chi connectivity index (χ1n) is 7.60. The lowest BCUT2D eigenvalue weighted by molar-refractivity contribution is -0.123. The molecule has 0 fully saturated rings. The van der Waals surface area contributed by atoms with Crippen LogP contribution in [0.2, 0.25) is 5.02 Å². The summed E-state index contributed by atoms with van der Waals surface area (Å²) in [6, 6.07) is 15.5. The predicted molar refractivity (Wildman–Crippen MR) is 93.9 cm³/mol. The molecule has 1 amide bonds. The van der Waals surface area contributed by atoms with Crippen LogP contribution in [0.3, 0.4) is 0 Å². The van der Waals surface area contributed by atoms with E-state index in [1.165, 1.54) is 0 Å². The Morgan fingerprint density at radius 2 is 1.87 bits per heavy atom. The van der Waals surface area contributed by atoms with Crippen molar-refractivity contribution in [2.24, 2.45) is 0 Å². The Kier molecular flexibility index (Phi) is 6.91. The van der Waals surface area contributed by atoms with E-state index in [0.29, 0.717) is 17.3 Å². The molecule has 5 heteroatoms. The molecule has 0 unspecified atom stereocenters. The Morgan fingerprint density at radius 3 is 2.57 bits per heavy atom. The fourth-order valence-corrected chi connectivity index (χ4v) is 2.35. The smallest absolute Gasteiger partial charge is 0.257 e. The van der Waals surface area contributed by atoms with Gasteiger partial charge in [0.1, 0.15) is 5.75 Å². The van der Waals surface area contributed by atoms with Gasteiger partial charge < -0.3 is 15.4 Å². The van der Waals surface area contributed by atoms with Gasteiger partial charge in [0.15, 0.2) is 6.61 Å². The van der Waals surface area contributed by atoms with E-state index in [1.807, 2.05) is 49.5 Å². The van der Waals surface area contributed by atoms with Crippen LogP contribution in [-0.4, -0.2) is 32.7 Å². The molecule has 0 heterocycles. The van der Waals surface area contributed by atoms with E-state index in [9.17, 15) is 4.79 Å². The van der Waals surface area contributed by atoms with Gasteiger partial charge in [-0.15, -0.1) is 0 Å². The van der Waals surface area contributed by atoms with Crippen molar-refractivity contribution in [3.05, 3.63) is 53.6 Å². The van der Waals surface area contributed by atoms with Crippen molar-refractivity contribution >= 4 is 17.5 Å². The average molecular weight is 333 g/mol. The van der Waals surface area contributed by atoms with Crippen LogP contribution in [0.4, 0.5) is 0 Å². The Morgan fingerprint density at radius 1 is 1.09 bits per heavy atom. The van der Waals surface area contributed by atoms with Crippen LogP contribution in [0, 0.1) is 0 Å². The summed E-state index contributed by atoms with van der Waals surface area (Å²) in [7, 11) is 1.88. The van der Waals surface area contributed by atoms with Crippen molar-refractivity contribution in [1.82, 2.24) is 10.6 Å². The minimum absolute atomic E-state index is 0.0377. The van der Waals surface area contributed by atoms with Crippen molar-refractivity contribution in [1.29, 1.82) is 0 Å². The highest BCUT2D eigenvalue weighted by Crippen LogP contribution is 2.30. The van der Waals surface area contributed by atoms with Crippen LogP contribution in [0.15, 0.2) is 48.5 Å². The lowest BCUT2D eigenvalue weighted by Crippen LogP contribution is -2.31.